The number of nitrogens with zero attached hydrogens (tertiary/aromatic N) is 1. The highest BCUT2D eigenvalue weighted by Gasteiger charge is 2.32. The smallest absolute Gasteiger partial charge is 0.317 e. The van der Waals surface area contributed by atoms with Crippen LogP contribution in [0.15, 0.2) is 16.5 Å². The fraction of sp³-hybridized carbons (Fsp3) is 0.688. The van der Waals surface area contributed by atoms with Gasteiger partial charge >= 0.3 is 6.03 Å². The van der Waals surface area contributed by atoms with E-state index in [1.807, 2.05) is 39.8 Å². The molecule has 0 aliphatic rings. The molecular weight excluding hydrogens is 268 g/mol. The quantitative estimate of drug-likeness (QED) is 0.897. The molecule has 0 saturated carbocycles. The molecule has 0 spiro atoms. The summed E-state index contributed by atoms with van der Waals surface area (Å²) in [6.45, 7) is 11.6. The number of likely N-dealkylation sites (N-methyl/N-ethyl adjacent to an activating group) is 1. The van der Waals surface area contributed by atoms with Crippen LogP contribution < -0.4 is 5.32 Å². The number of aliphatic hydroxyl groups is 1. The Kier molecular flexibility index (Phi) is 5.10. The molecule has 120 valence electrons. The van der Waals surface area contributed by atoms with Crippen molar-refractivity contribution in [3.63, 3.8) is 0 Å². The van der Waals surface area contributed by atoms with E-state index in [0.717, 1.165) is 11.5 Å². The number of carbonyl (C=O) groups is 1. The lowest BCUT2D eigenvalue weighted by molar-refractivity contribution is 0.0518. The molecule has 1 aromatic rings. The van der Waals surface area contributed by atoms with Crippen molar-refractivity contribution in [2.45, 2.75) is 53.2 Å². The lowest BCUT2D eigenvalue weighted by Gasteiger charge is -2.33. The average molecular weight is 296 g/mol. The first-order valence-corrected chi connectivity index (χ1v) is 7.20. The van der Waals surface area contributed by atoms with E-state index in [9.17, 15) is 9.90 Å². The molecule has 0 aromatic carbocycles. The Bertz CT molecular complexity index is 480. The standard InChI is InChI=1S/C16H28N2O3/c1-11-8-9-12(21-11)13(15(2,3)4)17-14(19)18(7)10-16(5,6)20/h8-9,13,20H,10H2,1-7H3,(H,17,19)/t13-/m1/s1. The van der Waals surface area contributed by atoms with Crippen molar-refractivity contribution < 1.29 is 14.3 Å². The van der Waals surface area contributed by atoms with Gasteiger partial charge in [-0.2, -0.15) is 0 Å². The second-order valence-corrected chi connectivity index (χ2v) is 7.37. The second-order valence-electron chi connectivity index (χ2n) is 7.37. The molecule has 5 heteroatoms. The van der Waals surface area contributed by atoms with Crippen LogP contribution >= 0.6 is 0 Å². The first kappa shape index (κ1) is 17.6. The summed E-state index contributed by atoms with van der Waals surface area (Å²) in [5.74, 6) is 1.56. The summed E-state index contributed by atoms with van der Waals surface area (Å²) in [6, 6.07) is 3.32. The molecule has 0 unspecified atom stereocenters. The first-order chi connectivity index (χ1) is 9.40. The van der Waals surface area contributed by atoms with Gasteiger partial charge < -0.3 is 19.7 Å². The molecule has 1 rings (SSSR count). The van der Waals surface area contributed by atoms with E-state index in [0.29, 0.717) is 0 Å². The molecule has 2 amide bonds. The summed E-state index contributed by atoms with van der Waals surface area (Å²) in [5, 5.41) is 12.8. The molecule has 0 aliphatic heterocycles. The maximum absolute atomic E-state index is 12.3. The van der Waals surface area contributed by atoms with Gasteiger partial charge in [-0.15, -0.1) is 0 Å². The summed E-state index contributed by atoms with van der Waals surface area (Å²) in [7, 11) is 1.67. The number of furan rings is 1. The van der Waals surface area contributed by atoms with E-state index in [2.05, 4.69) is 5.32 Å². The van der Waals surface area contributed by atoms with Crippen molar-refractivity contribution in [3.05, 3.63) is 23.7 Å². The molecule has 0 saturated heterocycles. The topological polar surface area (TPSA) is 65.7 Å². The van der Waals surface area contributed by atoms with Crippen molar-refractivity contribution in [1.29, 1.82) is 0 Å². The third-order valence-corrected chi connectivity index (χ3v) is 3.15. The van der Waals surface area contributed by atoms with Crippen LogP contribution in [0.5, 0.6) is 0 Å². The van der Waals surface area contributed by atoms with E-state index in [1.54, 1.807) is 20.9 Å². The molecule has 1 aromatic heterocycles. The Labute approximate surface area is 127 Å². The van der Waals surface area contributed by atoms with Crippen LogP contribution in [0, 0.1) is 12.3 Å². The van der Waals surface area contributed by atoms with E-state index in [-0.39, 0.29) is 24.0 Å². The van der Waals surface area contributed by atoms with Crippen LogP contribution in [-0.2, 0) is 0 Å². The summed E-state index contributed by atoms with van der Waals surface area (Å²) in [6.07, 6.45) is 0. The van der Waals surface area contributed by atoms with Crippen LogP contribution in [0.4, 0.5) is 4.79 Å². The van der Waals surface area contributed by atoms with Crippen LogP contribution in [0.1, 0.15) is 52.2 Å². The van der Waals surface area contributed by atoms with Crippen molar-refractivity contribution in [2.24, 2.45) is 5.41 Å². The Balaban J connectivity index is 2.86. The lowest BCUT2D eigenvalue weighted by atomic mass is 9.85. The Morgan fingerprint density at radius 2 is 1.90 bits per heavy atom. The number of carbonyl (C=O) groups excluding carboxylic acids is 1. The number of hydrogen-bond donors (Lipinski definition) is 2. The molecule has 5 nitrogen and oxygen atoms in total. The average Bonchev–Trinajstić information content (AvgIpc) is 2.67. The minimum Gasteiger partial charge on any atom is -0.464 e. The predicted molar refractivity (Wildman–Crippen MR) is 83.1 cm³/mol. The zero-order valence-electron chi connectivity index (χ0n) is 14.2. The molecule has 21 heavy (non-hydrogen) atoms. The minimum absolute atomic E-state index is 0.185. The van der Waals surface area contributed by atoms with Crippen LogP contribution in [-0.4, -0.2) is 35.2 Å². The van der Waals surface area contributed by atoms with Gasteiger partial charge in [-0.25, -0.2) is 4.79 Å². The maximum atomic E-state index is 12.3. The molecule has 0 bridgehead atoms. The van der Waals surface area contributed by atoms with Gasteiger partial charge in [0.2, 0.25) is 0 Å². The number of hydrogen-bond acceptors (Lipinski definition) is 3. The molecule has 1 atom stereocenters. The Hall–Kier alpha value is -1.49. The third-order valence-electron chi connectivity index (χ3n) is 3.15. The second kappa shape index (κ2) is 6.10. The number of amides is 2. The van der Waals surface area contributed by atoms with E-state index < -0.39 is 5.60 Å². The van der Waals surface area contributed by atoms with Gasteiger partial charge in [0.25, 0.3) is 0 Å². The van der Waals surface area contributed by atoms with E-state index in [4.69, 9.17) is 4.42 Å². The fourth-order valence-electron chi connectivity index (χ4n) is 2.21. The number of rotatable bonds is 4. The number of urea groups is 1. The highest BCUT2D eigenvalue weighted by Crippen LogP contribution is 2.33. The lowest BCUT2D eigenvalue weighted by Crippen LogP contribution is -2.47. The zero-order valence-corrected chi connectivity index (χ0v) is 14.2. The highest BCUT2D eigenvalue weighted by molar-refractivity contribution is 5.74. The molecule has 0 aliphatic carbocycles. The van der Waals surface area contributed by atoms with Crippen LogP contribution in [0.3, 0.4) is 0 Å². The Morgan fingerprint density at radius 3 is 2.29 bits per heavy atom. The monoisotopic (exact) mass is 296 g/mol. The summed E-state index contributed by atoms with van der Waals surface area (Å²) in [5.41, 5.74) is -1.11. The summed E-state index contributed by atoms with van der Waals surface area (Å²) >= 11 is 0. The highest BCUT2D eigenvalue weighted by atomic mass is 16.3. The minimum atomic E-state index is -0.926. The van der Waals surface area contributed by atoms with E-state index in [1.165, 1.54) is 4.90 Å². The van der Waals surface area contributed by atoms with E-state index >= 15 is 0 Å². The normalized spacial score (nSPS) is 13.9. The Morgan fingerprint density at radius 1 is 1.33 bits per heavy atom. The SMILES string of the molecule is Cc1ccc([C@@H](NC(=O)N(C)CC(C)(C)O)C(C)(C)C)o1. The summed E-state index contributed by atoms with van der Waals surface area (Å²) in [4.78, 5) is 13.8. The van der Waals surface area contributed by atoms with Gasteiger partial charge in [0.15, 0.2) is 0 Å². The van der Waals surface area contributed by atoms with Crippen molar-refractivity contribution in [2.75, 3.05) is 13.6 Å². The molecular formula is C16H28N2O3. The van der Waals surface area contributed by atoms with Crippen LogP contribution in [0.25, 0.3) is 0 Å². The first-order valence-electron chi connectivity index (χ1n) is 7.20. The largest absolute Gasteiger partial charge is 0.464 e. The maximum Gasteiger partial charge on any atom is 0.317 e. The van der Waals surface area contributed by atoms with Gasteiger partial charge in [0.1, 0.15) is 11.5 Å². The zero-order chi connectivity index (χ0) is 16.4. The summed E-state index contributed by atoms with van der Waals surface area (Å²) < 4.78 is 5.67. The van der Waals surface area contributed by atoms with Gasteiger partial charge in [-0.1, -0.05) is 20.8 Å². The van der Waals surface area contributed by atoms with Crippen molar-refractivity contribution in [3.8, 4) is 0 Å². The molecule has 0 fully saturated rings. The van der Waals surface area contributed by atoms with Gasteiger partial charge in [-0.05, 0) is 38.3 Å². The fourth-order valence-corrected chi connectivity index (χ4v) is 2.21. The van der Waals surface area contributed by atoms with Crippen molar-refractivity contribution in [1.82, 2.24) is 10.2 Å². The molecule has 0 radical (unpaired) electrons. The van der Waals surface area contributed by atoms with Gasteiger partial charge in [0.05, 0.1) is 18.2 Å². The number of aryl methyl sites for hydroxylation is 1. The van der Waals surface area contributed by atoms with Crippen molar-refractivity contribution >= 4 is 6.03 Å². The number of nitrogens with one attached hydrogen (secondary N) is 1. The molecule has 1 heterocycles. The predicted octanol–water partition coefficient (Wildman–Crippen LogP) is 3.09. The molecule has 2 N–H and O–H groups in total. The van der Waals surface area contributed by atoms with Gasteiger partial charge in [-0.3, -0.25) is 0 Å². The van der Waals surface area contributed by atoms with Crippen LogP contribution in [0.2, 0.25) is 0 Å². The van der Waals surface area contributed by atoms with Gasteiger partial charge in [0, 0.05) is 7.05 Å². The third kappa shape index (κ3) is 5.42.